The van der Waals surface area contributed by atoms with Crippen LogP contribution >= 0.6 is 0 Å². The fourth-order valence-corrected chi connectivity index (χ4v) is 3.87. The molecule has 0 bridgehead atoms. The van der Waals surface area contributed by atoms with Crippen molar-refractivity contribution < 1.29 is 23.4 Å². The van der Waals surface area contributed by atoms with Crippen LogP contribution in [-0.4, -0.2) is 49.0 Å². The van der Waals surface area contributed by atoms with E-state index in [2.05, 4.69) is 22.4 Å². The van der Waals surface area contributed by atoms with Crippen LogP contribution in [0.3, 0.4) is 0 Å². The zero-order chi connectivity index (χ0) is 24.9. The molecule has 0 aliphatic heterocycles. The molecular weight excluding hydrogens is 451 g/mol. The van der Waals surface area contributed by atoms with Gasteiger partial charge in [0.2, 0.25) is 0 Å². The van der Waals surface area contributed by atoms with E-state index < -0.39 is 0 Å². The second-order valence-corrected chi connectivity index (χ2v) is 7.88. The lowest BCUT2D eigenvalue weighted by Crippen LogP contribution is -2.24. The second-order valence-electron chi connectivity index (χ2n) is 7.88. The van der Waals surface area contributed by atoms with Gasteiger partial charge in [-0.3, -0.25) is 9.89 Å². The zero-order valence-corrected chi connectivity index (χ0v) is 20.1. The molecule has 0 fully saturated rings. The van der Waals surface area contributed by atoms with Gasteiger partial charge in [-0.05, 0) is 42.8 Å². The number of carbonyl (C=O) groups is 1. The lowest BCUT2D eigenvalue weighted by molar-refractivity contribution is 0.0954. The van der Waals surface area contributed by atoms with E-state index in [1.54, 1.807) is 51.7 Å². The number of fused-ring (bicyclic) bond motifs is 1. The van der Waals surface area contributed by atoms with Crippen LogP contribution in [0.2, 0.25) is 0 Å². The van der Waals surface area contributed by atoms with Crippen molar-refractivity contribution in [2.45, 2.75) is 19.8 Å². The number of aromatic nitrogens is 3. The number of H-pyrrole nitrogens is 1. The topological polar surface area (TPSA) is 98.4 Å². The van der Waals surface area contributed by atoms with Crippen LogP contribution in [0.15, 0.2) is 42.5 Å². The summed E-state index contributed by atoms with van der Waals surface area (Å²) in [6, 6.07) is 11.1. The third kappa shape index (κ3) is 4.75. The highest BCUT2D eigenvalue weighted by Gasteiger charge is 2.22. The number of hydrogen-bond acceptors (Lipinski definition) is 6. The normalized spacial score (nSPS) is 10.9. The summed E-state index contributed by atoms with van der Waals surface area (Å²) in [5.41, 5.74) is 3.10. The first-order chi connectivity index (χ1) is 17.0. The molecule has 1 amide bonds. The number of rotatable bonds is 9. The van der Waals surface area contributed by atoms with Crippen molar-refractivity contribution >= 4 is 16.9 Å². The average molecular weight is 479 g/mol. The van der Waals surface area contributed by atoms with Crippen molar-refractivity contribution in [1.29, 1.82) is 0 Å². The molecule has 0 radical (unpaired) electrons. The number of nitrogens with one attached hydrogen (secondary N) is 2. The number of benzene rings is 2. The standard InChI is InChI=1S/C26H27FN4O4/c1-5-6-11-28-26(32)18-12-19(17-13-21(34-3)22(35-4)14-20(17)33-2)29-25-23(18)24(30-31-25)15-7-9-16(27)10-8-15/h7-10,12-14H,5-6,11H2,1-4H3,(H,28,32)(H,29,30,31). The Kier molecular flexibility index (Phi) is 7.14. The minimum atomic E-state index is -0.351. The number of nitrogens with zero attached hydrogens (tertiary/aromatic N) is 2. The summed E-state index contributed by atoms with van der Waals surface area (Å²) in [5, 5.41) is 10.9. The number of aromatic amines is 1. The molecule has 0 aliphatic carbocycles. The van der Waals surface area contributed by atoms with Gasteiger partial charge in [-0.15, -0.1) is 0 Å². The maximum Gasteiger partial charge on any atom is 0.252 e. The number of pyridine rings is 1. The molecule has 35 heavy (non-hydrogen) atoms. The van der Waals surface area contributed by atoms with Gasteiger partial charge in [-0.2, -0.15) is 5.10 Å². The van der Waals surface area contributed by atoms with E-state index in [1.165, 1.54) is 12.1 Å². The number of carbonyl (C=O) groups excluding carboxylic acids is 1. The quantitative estimate of drug-likeness (QED) is 0.329. The molecule has 182 valence electrons. The van der Waals surface area contributed by atoms with Gasteiger partial charge in [-0.1, -0.05) is 13.3 Å². The molecule has 2 heterocycles. The summed E-state index contributed by atoms with van der Waals surface area (Å²) in [6.45, 7) is 2.60. The first-order valence-corrected chi connectivity index (χ1v) is 11.2. The van der Waals surface area contributed by atoms with Crippen molar-refractivity contribution in [3.63, 3.8) is 0 Å². The molecule has 0 atom stereocenters. The molecule has 4 aromatic rings. The lowest BCUT2D eigenvalue weighted by Gasteiger charge is -2.15. The van der Waals surface area contributed by atoms with Crippen LogP contribution in [0, 0.1) is 5.82 Å². The summed E-state index contributed by atoms with van der Waals surface area (Å²) >= 11 is 0. The molecular formula is C26H27FN4O4. The van der Waals surface area contributed by atoms with Crippen molar-refractivity contribution in [3.8, 4) is 39.8 Å². The van der Waals surface area contributed by atoms with Crippen molar-refractivity contribution in [2.24, 2.45) is 0 Å². The van der Waals surface area contributed by atoms with Crippen molar-refractivity contribution in [3.05, 3.63) is 53.8 Å². The number of unbranched alkanes of at least 4 members (excludes halogenated alkanes) is 1. The van der Waals surface area contributed by atoms with Crippen LogP contribution in [0.4, 0.5) is 4.39 Å². The maximum atomic E-state index is 13.5. The van der Waals surface area contributed by atoms with Gasteiger partial charge < -0.3 is 19.5 Å². The Balaban J connectivity index is 1.93. The zero-order valence-electron chi connectivity index (χ0n) is 20.1. The highest BCUT2D eigenvalue weighted by atomic mass is 19.1. The number of halogens is 1. The fraction of sp³-hybridized carbons (Fsp3) is 0.269. The van der Waals surface area contributed by atoms with E-state index in [9.17, 15) is 9.18 Å². The Labute approximate surface area is 202 Å². The molecule has 0 saturated carbocycles. The van der Waals surface area contributed by atoms with E-state index in [0.29, 0.717) is 62.9 Å². The van der Waals surface area contributed by atoms with Crippen LogP contribution in [-0.2, 0) is 0 Å². The lowest BCUT2D eigenvalue weighted by atomic mass is 10.0. The predicted octanol–water partition coefficient (Wildman–Crippen LogP) is 4.99. The van der Waals surface area contributed by atoms with Gasteiger partial charge in [0.15, 0.2) is 17.1 Å². The number of hydrogen-bond donors (Lipinski definition) is 2. The summed E-state index contributed by atoms with van der Waals surface area (Å²) < 4.78 is 29.9. The molecule has 4 rings (SSSR count). The van der Waals surface area contributed by atoms with Crippen LogP contribution in [0.1, 0.15) is 30.1 Å². The average Bonchev–Trinajstić information content (AvgIpc) is 3.31. The van der Waals surface area contributed by atoms with Crippen molar-refractivity contribution in [1.82, 2.24) is 20.5 Å². The van der Waals surface area contributed by atoms with Gasteiger partial charge in [0.25, 0.3) is 5.91 Å². The third-order valence-corrected chi connectivity index (χ3v) is 5.70. The smallest absolute Gasteiger partial charge is 0.252 e. The Bertz CT molecular complexity index is 1350. The summed E-state index contributed by atoms with van der Waals surface area (Å²) in [6.07, 6.45) is 1.80. The van der Waals surface area contributed by atoms with Crippen LogP contribution in [0.25, 0.3) is 33.5 Å². The molecule has 2 aromatic carbocycles. The van der Waals surface area contributed by atoms with Gasteiger partial charge in [0, 0.05) is 23.7 Å². The van der Waals surface area contributed by atoms with E-state index in [4.69, 9.17) is 19.2 Å². The Morgan fingerprint density at radius 3 is 2.34 bits per heavy atom. The van der Waals surface area contributed by atoms with Crippen molar-refractivity contribution in [2.75, 3.05) is 27.9 Å². The molecule has 2 N–H and O–H groups in total. The number of ether oxygens (including phenoxy) is 3. The Morgan fingerprint density at radius 1 is 1.00 bits per heavy atom. The second kappa shape index (κ2) is 10.4. The minimum absolute atomic E-state index is 0.253. The first kappa shape index (κ1) is 24.0. The minimum Gasteiger partial charge on any atom is -0.496 e. The number of amides is 1. The Morgan fingerprint density at radius 2 is 1.69 bits per heavy atom. The SMILES string of the molecule is CCCCNC(=O)c1cc(-c2cc(OC)c(OC)cc2OC)nc2n[nH]c(-c3ccc(F)cc3)c12. The van der Waals surface area contributed by atoms with Gasteiger partial charge in [0.1, 0.15) is 11.6 Å². The molecule has 8 nitrogen and oxygen atoms in total. The molecule has 2 aromatic heterocycles. The van der Waals surface area contributed by atoms with Crippen LogP contribution < -0.4 is 19.5 Å². The molecule has 0 spiro atoms. The van der Waals surface area contributed by atoms with E-state index in [0.717, 1.165) is 12.8 Å². The highest BCUT2D eigenvalue weighted by molar-refractivity contribution is 6.11. The van der Waals surface area contributed by atoms with Gasteiger partial charge in [0.05, 0.1) is 43.7 Å². The molecule has 0 aliphatic rings. The van der Waals surface area contributed by atoms with E-state index >= 15 is 0 Å². The monoisotopic (exact) mass is 478 g/mol. The largest absolute Gasteiger partial charge is 0.496 e. The molecule has 0 saturated heterocycles. The fourth-order valence-electron chi connectivity index (χ4n) is 3.87. The highest BCUT2D eigenvalue weighted by Crippen LogP contribution is 2.41. The Hall–Kier alpha value is -4.14. The maximum absolute atomic E-state index is 13.5. The van der Waals surface area contributed by atoms with E-state index in [-0.39, 0.29) is 11.7 Å². The summed E-state index contributed by atoms with van der Waals surface area (Å²) in [7, 11) is 4.63. The molecule has 0 unspecified atom stereocenters. The predicted molar refractivity (Wildman–Crippen MR) is 132 cm³/mol. The third-order valence-electron chi connectivity index (χ3n) is 5.70. The summed E-state index contributed by atoms with van der Waals surface area (Å²) in [5.74, 6) is 0.895. The van der Waals surface area contributed by atoms with Gasteiger partial charge >= 0.3 is 0 Å². The molecule has 9 heteroatoms. The first-order valence-electron chi connectivity index (χ1n) is 11.2. The number of methoxy groups -OCH3 is 3. The van der Waals surface area contributed by atoms with Gasteiger partial charge in [-0.25, -0.2) is 9.37 Å². The van der Waals surface area contributed by atoms with E-state index in [1.807, 2.05) is 0 Å². The van der Waals surface area contributed by atoms with Crippen LogP contribution in [0.5, 0.6) is 17.2 Å². The summed E-state index contributed by atoms with van der Waals surface area (Å²) in [4.78, 5) is 18.0.